The maximum Gasteiger partial charge on any atom is 0.108 e. The minimum atomic E-state index is 0.357. The molecule has 0 saturated carbocycles. The fraction of sp³-hybridized carbons (Fsp3) is 0.474. The van der Waals surface area contributed by atoms with Gasteiger partial charge in [0.2, 0.25) is 0 Å². The van der Waals surface area contributed by atoms with Crippen molar-refractivity contribution in [2.24, 2.45) is 0 Å². The predicted molar refractivity (Wildman–Crippen MR) is 86.6 cm³/mol. The molecule has 1 aromatic carbocycles. The molecule has 1 heterocycles. The molecular formula is C19H25NO. The molecule has 21 heavy (non-hydrogen) atoms. The number of rotatable bonds is 3. The third kappa shape index (κ3) is 2.77. The fourth-order valence-electron chi connectivity index (χ4n) is 3.50. The summed E-state index contributed by atoms with van der Waals surface area (Å²) in [6.07, 6.45) is 5.31. The largest absolute Gasteiger partial charge is 0.469 e. The summed E-state index contributed by atoms with van der Waals surface area (Å²) in [6, 6.07) is 7.54. The molecule has 1 aliphatic carbocycles. The molecule has 2 atom stereocenters. The molecule has 1 N–H and O–H groups in total. The number of fused-ring (bicyclic) bond motifs is 1. The van der Waals surface area contributed by atoms with Crippen LogP contribution in [0.4, 0.5) is 0 Å². The predicted octanol–water partition coefficient (Wildman–Crippen LogP) is 4.93. The van der Waals surface area contributed by atoms with Crippen LogP contribution in [0.15, 0.2) is 28.9 Å². The van der Waals surface area contributed by atoms with E-state index in [9.17, 15) is 0 Å². The van der Waals surface area contributed by atoms with E-state index in [1.54, 1.807) is 0 Å². The Bertz CT molecular complexity index is 641. The van der Waals surface area contributed by atoms with Crippen LogP contribution in [0, 0.1) is 20.8 Å². The molecular weight excluding hydrogens is 258 g/mol. The molecule has 3 rings (SSSR count). The van der Waals surface area contributed by atoms with Gasteiger partial charge in [0.15, 0.2) is 0 Å². The molecule has 2 nitrogen and oxygen atoms in total. The summed E-state index contributed by atoms with van der Waals surface area (Å²) in [6.45, 7) is 8.86. The van der Waals surface area contributed by atoms with Gasteiger partial charge in [-0.15, -0.1) is 0 Å². The number of benzene rings is 1. The minimum absolute atomic E-state index is 0.357. The summed E-state index contributed by atoms with van der Waals surface area (Å²) in [5, 5.41) is 3.80. The van der Waals surface area contributed by atoms with E-state index in [1.807, 2.05) is 6.26 Å². The molecule has 0 amide bonds. The Morgan fingerprint density at radius 1 is 1.14 bits per heavy atom. The van der Waals surface area contributed by atoms with Crippen molar-refractivity contribution < 1.29 is 4.42 Å². The van der Waals surface area contributed by atoms with Crippen LogP contribution in [0.2, 0.25) is 0 Å². The molecule has 0 saturated heterocycles. The first-order valence-corrected chi connectivity index (χ1v) is 7.96. The molecule has 0 radical (unpaired) electrons. The monoisotopic (exact) mass is 283 g/mol. The van der Waals surface area contributed by atoms with Crippen LogP contribution in [0.25, 0.3) is 0 Å². The Morgan fingerprint density at radius 2 is 1.90 bits per heavy atom. The van der Waals surface area contributed by atoms with Gasteiger partial charge in [0, 0.05) is 24.1 Å². The van der Waals surface area contributed by atoms with Crippen LogP contribution < -0.4 is 5.32 Å². The van der Waals surface area contributed by atoms with Crippen molar-refractivity contribution >= 4 is 0 Å². The van der Waals surface area contributed by atoms with Gasteiger partial charge in [-0.05, 0) is 68.9 Å². The van der Waals surface area contributed by atoms with Crippen LogP contribution in [0.3, 0.4) is 0 Å². The Morgan fingerprint density at radius 3 is 2.71 bits per heavy atom. The number of hydrogen-bond acceptors (Lipinski definition) is 2. The van der Waals surface area contributed by atoms with Crippen LogP contribution in [0.1, 0.15) is 65.4 Å². The van der Waals surface area contributed by atoms with E-state index in [1.165, 1.54) is 46.4 Å². The minimum Gasteiger partial charge on any atom is -0.469 e. The Hall–Kier alpha value is -1.54. The summed E-state index contributed by atoms with van der Waals surface area (Å²) in [4.78, 5) is 0. The van der Waals surface area contributed by atoms with Gasteiger partial charge in [-0.3, -0.25) is 0 Å². The first-order chi connectivity index (χ1) is 10.1. The highest BCUT2D eigenvalue weighted by atomic mass is 16.3. The van der Waals surface area contributed by atoms with Crippen LogP contribution >= 0.6 is 0 Å². The molecule has 1 aromatic heterocycles. The van der Waals surface area contributed by atoms with Gasteiger partial charge in [-0.1, -0.05) is 12.1 Å². The molecule has 112 valence electrons. The average Bonchev–Trinajstić information content (AvgIpc) is 2.92. The summed E-state index contributed by atoms with van der Waals surface area (Å²) < 4.78 is 5.59. The second kappa shape index (κ2) is 5.69. The number of aryl methyl sites for hydroxylation is 4. The molecule has 2 aromatic rings. The van der Waals surface area contributed by atoms with Gasteiger partial charge in [0.05, 0.1) is 6.26 Å². The van der Waals surface area contributed by atoms with E-state index in [2.05, 4.69) is 51.2 Å². The van der Waals surface area contributed by atoms with Crippen molar-refractivity contribution in [3.63, 3.8) is 0 Å². The van der Waals surface area contributed by atoms with Crippen molar-refractivity contribution in [2.75, 3.05) is 0 Å². The first-order valence-electron chi connectivity index (χ1n) is 7.96. The van der Waals surface area contributed by atoms with Crippen molar-refractivity contribution in [1.29, 1.82) is 0 Å². The summed E-state index contributed by atoms with van der Waals surface area (Å²) >= 11 is 0. The van der Waals surface area contributed by atoms with Crippen molar-refractivity contribution in [3.05, 3.63) is 58.0 Å². The molecule has 0 fully saturated rings. The van der Waals surface area contributed by atoms with Gasteiger partial charge in [-0.2, -0.15) is 0 Å². The van der Waals surface area contributed by atoms with Gasteiger partial charge in [0.25, 0.3) is 0 Å². The Labute approximate surface area is 127 Å². The van der Waals surface area contributed by atoms with Crippen molar-refractivity contribution in [3.8, 4) is 0 Å². The quantitative estimate of drug-likeness (QED) is 0.863. The topological polar surface area (TPSA) is 25.2 Å². The lowest BCUT2D eigenvalue weighted by Crippen LogP contribution is -2.27. The molecule has 2 heteroatoms. The van der Waals surface area contributed by atoms with E-state index in [4.69, 9.17) is 4.42 Å². The lowest BCUT2D eigenvalue weighted by Gasteiger charge is -2.28. The number of hydrogen-bond donors (Lipinski definition) is 1. The summed E-state index contributed by atoms with van der Waals surface area (Å²) in [5.74, 6) is 1.17. The average molecular weight is 283 g/mol. The van der Waals surface area contributed by atoms with E-state index in [0.717, 1.165) is 6.42 Å². The third-order valence-electron chi connectivity index (χ3n) is 4.85. The molecule has 0 bridgehead atoms. The van der Waals surface area contributed by atoms with Crippen LogP contribution in [0.5, 0.6) is 0 Å². The van der Waals surface area contributed by atoms with Gasteiger partial charge < -0.3 is 9.73 Å². The normalized spacial score (nSPS) is 19.3. The zero-order chi connectivity index (χ0) is 15.0. The van der Waals surface area contributed by atoms with E-state index >= 15 is 0 Å². The summed E-state index contributed by atoms with van der Waals surface area (Å²) in [7, 11) is 0. The second-order valence-electron chi connectivity index (χ2n) is 6.43. The van der Waals surface area contributed by atoms with Crippen molar-refractivity contribution in [2.45, 2.75) is 59.0 Å². The van der Waals surface area contributed by atoms with Gasteiger partial charge >= 0.3 is 0 Å². The summed E-state index contributed by atoms with van der Waals surface area (Å²) in [5.41, 5.74) is 6.89. The number of nitrogens with one attached hydrogen (secondary N) is 1. The lowest BCUT2D eigenvalue weighted by molar-refractivity contribution is 0.385. The third-order valence-corrected chi connectivity index (χ3v) is 4.85. The van der Waals surface area contributed by atoms with Crippen LogP contribution in [-0.2, 0) is 6.42 Å². The lowest BCUT2D eigenvalue weighted by atomic mass is 9.91. The van der Waals surface area contributed by atoms with Crippen LogP contribution in [-0.4, -0.2) is 0 Å². The maximum absolute atomic E-state index is 5.59. The zero-order valence-corrected chi connectivity index (χ0v) is 13.5. The Kier molecular flexibility index (Phi) is 3.90. The first kappa shape index (κ1) is 14.4. The smallest absolute Gasteiger partial charge is 0.108 e. The highest BCUT2D eigenvalue weighted by Gasteiger charge is 2.24. The maximum atomic E-state index is 5.59. The fourth-order valence-corrected chi connectivity index (χ4v) is 3.50. The highest BCUT2D eigenvalue weighted by molar-refractivity contribution is 5.38. The highest BCUT2D eigenvalue weighted by Crippen LogP contribution is 2.33. The van der Waals surface area contributed by atoms with E-state index in [-0.39, 0.29) is 0 Å². The molecule has 1 aliphatic rings. The Balaban J connectivity index is 1.82. The molecule has 0 spiro atoms. The van der Waals surface area contributed by atoms with Crippen molar-refractivity contribution in [1.82, 2.24) is 5.32 Å². The van der Waals surface area contributed by atoms with Gasteiger partial charge in [0.1, 0.15) is 5.76 Å². The SMILES string of the molecule is Cc1cc(C)c(C(C)NC2CCCc3occc32)cc1C. The van der Waals surface area contributed by atoms with Gasteiger partial charge in [-0.25, -0.2) is 0 Å². The standard InChI is InChI=1S/C19H25NO/c1-12-10-14(3)17(11-13(12)2)15(4)20-18-6-5-7-19-16(18)8-9-21-19/h8-11,15,18,20H,5-7H2,1-4H3. The van der Waals surface area contributed by atoms with E-state index < -0.39 is 0 Å². The second-order valence-corrected chi connectivity index (χ2v) is 6.43. The number of furan rings is 1. The van der Waals surface area contributed by atoms with E-state index in [0.29, 0.717) is 12.1 Å². The molecule has 0 aliphatic heterocycles. The molecule has 2 unspecified atom stereocenters. The zero-order valence-electron chi connectivity index (χ0n) is 13.5.